The molecule has 0 radical (unpaired) electrons. The molecule has 3 heteroatoms. The van der Waals surface area contributed by atoms with Crippen molar-refractivity contribution in [1.82, 2.24) is 4.90 Å². The molecule has 0 amide bonds. The summed E-state index contributed by atoms with van der Waals surface area (Å²) in [6.45, 7) is 10.6. The van der Waals surface area contributed by atoms with E-state index >= 15 is 0 Å². The molecule has 2 aliphatic rings. The zero-order chi connectivity index (χ0) is 16.1. The molecule has 2 atom stereocenters. The molecule has 0 saturated carbocycles. The van der Waals surface area contributed by atoms with Crippen LogP contribution < -0.4 is 0 Å². The van der Waals surface area contributed by atoms with E-state index in [0.29, 0.717) is 12.0 Å². The van der Waals surface area contributed by atoms with Gasteiger partial charge >= 0.3 is 0 Å². The predicted molar refractivity (Wildman–Crippen MR) is 93.8 cm³/mol. The molecule has 0 spiro atoms. The van der Waals surface area contributed by atoms with Crippen molar-refractivity contribution in [2.24, 2.45) is 5.92 Å². The van der Waals surface area contributed by atoms with Gasteiger partial charge in [-0.2, -0.15) is 0 Å². The second-order valence-corrected chi connectivity index (χ2v) is 7.46. The number of ether oxygens (including phenoxy) is 2. The summed E-state index contributed by atoms with van der Waals surface area (Å²) < 4.78 is 11.6. The van der Waals surface area contributed by atoms with E-state index in [1.54, 1.807) is 0 Å². The summed E-state index contributed by atoms with van der Waals surface area (Å²) in [5.74, 6) is 0.585. The summed E-state index contributed by atoms with van der Waals surface area (Å²) in [6.07, 6.45) is 3.90. The Morgan fingerprint density at radius 2 is 1.87 bits per heavy atom. The van der Waals surface area contributed by atoms with Crippen molar-refractivity contribution in [2.45, 2.75) is 44.6 Å². The summed E-state index contributed by atoms with van der Waals surface area (Å²) in [5.41, 5.74) is 1.77. The Kier molecular flexibility index (Phi) is 5.73. The highest BCUT2D eigenvalue weighted by Gasteiger charge is 2.39. The molecule has 128 valence electrons. The average Bonchev–Trinajstić information content (AvgIpc) is 2.62. The van der Waals surface area contributed by atoms with Crippen LogP contribution in [-0.4, -0.2) is 50.5 Å². The Morgan fingerprint density at radius 3 is 2.57 bits per heavy atom. The standard InChI is InChI=1S/C20H31NO2/c1-17(2)19-16-20(9-13-23-19,18-6-4-3-5-7-18)8-10-21-11-14-22-15-12-21/h3-7,17,19H,8-16H2,1-2H3/t19-,20-/m0/s1. The molecule has 0 aliphatic carbocycles. The van der Waals surface area contributed by atoms with Crippen molar-refractivity contribution in [3.8, 4) is 0 Å². The molecule has 2 heterocycles. The lowest BCUT2D eigenvalue weighted by molar-refractivity contribution is -0.0506. The van der Waals surface area contributed by atoms with E-state index in [-0.39, 0.29) is 5.41 Å². The van der Waals surface area contributed by atoms with Crippen LogP contribution in [0.1, 0.15) is 38.7 Å². The summed E-state index contributed by atoms with van der Waals surface area (Å²) in [7, 11) is 0. The van der Waals surface area contributed by atoms with Gasteiger partial charge in [0.1, 0.15) is 0 Å². The van der Waals surface area contributed by atoms with Gasteiger partial charge in [-0.3, -0.25) is 4.90 Å². The summed E-state index contributed by atoms with van der Waals surface area (Å²) in [5, 5.41) is 0. The smallest absolute Gasteiger partial charge is 0.0606 e. The van der Waals surface area contributed by atoms with Crippen LogP contribution >= 0.6 is 0 Å². The van der Waals surface area contributed by atoms with Crippen LogP contribution in [0, 0.1) is 5.92 Å². The second kappa shape index (κ2) is 7.78. The van der Waals surface area contributed by atoms with Crippen molar-refractivity contribution in [2.75, 3.05) is 39.5 Å². The molecule has 2 fully saturated rings. The van der Waals surface area contributed by atoms with E-state index in [9.17, 15) is 0 Å². The fourth-order valence-electron chi connectivity index (χ4n) is 4.00. The van der Waals surface area contributed by atoms with Gasteiger partial charge in [-0.25, -0.2) is 0 Å². The van der Waals surface area contributed by atoms with E-state index in [2.05, 4.69) is 49.1 Å². The maximum atomic E-state index is 6.07. The normalized spacial score (nSPS) is 29.8. The maximum Gasteiger partial charge on any atom is 0.0606 e. The lowest BCUT2D eigenvalue weighted by Crippen LogP contribution is -2.44. The van der Waals surface area contributed by atoms with Crippen LogP contribution in [0.3, 0.4) is 0 Å². The van der Waals surface area contributed by atoms with E-state index in [1.807, 2.05) is 0 Å². The Bertz CT molecular complexity index is 470. The molecule has 1 aromatic rings. The van der Waals surface area contributed by atoms with Gasteiger partial charge in [-0.05, 0) is 37.3 Å². The third kappa shape index (κ3) is 4.14. The number of morpholine rings is 1. The molecule has 0 unspecified atom stereocenters. The molecule has 0 bridgehead atoms. The molecular formula is C20H31NO2. The predicted octanol–water partition coefficient (Wildman–Crippen LogP) is 3.48. The first-order valence-corrected chi connectivity index (χ1v) is 9.17. The molecule has 23 heavy (non-hydrogen) atoms. The van der Waals surface area contributed by atoms with Crippen LogP contribution in [0.5, 0.6) is 0 Å². The lowest BCUT2D eigenvalue weighted by atomic mass is 9.68. The van der Waals surface area contributed by atoms with Crippen LogP contribution in [0.25, 0.3) is 0 Å². The first-order chi connectivity index (χ1) is 11.2. The van der Waals surface area contributed by atoms with E-state index < -0.39 is 0 Å². The minimum atomic E-state index is 0.271. The fourth-order valence-corrected chi connectivity index (χ4v) is 4.00. The van der Waals surface area contributed by atoms with E-state index in [1.165, 1.54) is 18.5 Å². The molecule has 0 aromatic heterocycles. The minimum Gasteiger partial charge on any atom is -0.379 e. The second-order valence-electron chi connectivity index (χ2n) is 7.46. The Morgan fingerprint density at radius 1 is 1.13 bits per heavy atom. The van der Waals surface area contributed by atoms with Gasteiger partial charge < -0.3 is 9.47 Å². The summed E-state index contributed by atoms with van der Waals surface area (Å²) >= 11 is 0. The van der Waals surface area contributed by atoms with Crippen LogP contribution in [-0.2, 0) is 14.9 Å². The number of nitrogens with zero attached hydrogens (tertiary/aromatic N) is 1. The highest BCUT2D eigenvalue weighted by atomic mass is 16.5. The molecule has 0 N–H and O–H groups in total. The summed E-state index contributed by atoms with van der Waals surface area (Å²) in [4.78, 5) is 2.56. The zero-order valence-electron chi connectivity index (χ0n) is 14.7. The molecule has 3 nitrogen and oxygen atoms in total. The van der Waals surface area contributed by atoms with Crippen molar-refractivity contribution in [3.05, 3.63) is 35.9 Å². The zero-order valence-corrected chi connectivity index (χ0v) is 14.7. The number of rotatable bonds is 5. The minimum absolute atomic E-state index is 0.271. The molecule has 2 aliphatic heterocycles. The quantitative estimate of drug-likeness (QED) is 0.830. The third-order valence-electron chi connectivity index (χ3n) is 5.64. The molecule has 1 aromatic carbocycles. The van der Waals surface area contributed by atoms with E-state index in [4.69, 9.17) is 9.47 Å². The average molecular weight is 317 g/mol. The van der Waals surface area contributed by atoms with Crippen molar-refractivity contribution in [3.63, 3.8) is 0 Å². The highest BCUT2D eigenvalue weighted by molar-refractivity contribution is 5.26. The molecule has 3 rings (SSSR count). The maximum absolute atomic E-state index is 6.07. The SMILES string of the molecule is CC(C)[C@@H]1C[C@@](CCN2CCOCC2)(c2ccccc2)CCO1. The monoisotopic (exact) mass is 317 g/mol. The van der Waals surface area contributed by atoms with Crippen LogP contribution in [0.15, 0.2) is 30.3 Å². The van der Waals surface area contributed by atoms with Gasteiger partial charge in [-0.1, -0.05) is 44.2 Å². The van der Waals surface area contributed by atoms with Gasteiger partial charge in [-0.15, -0.1) is 0 Å². The van der Waals surface area contributed by atoms with Crippen molar-refractivity contribution < 1.29 is 9.47 Å². The fraction of sp³-hybridized carbons (Fsp3) is 0.700. The molecular weight excluding hydrogens is 286 g/mol. The van der Waals surface area contributed by atoms with Gasteiger partial charge in [0.25, 0.3) is 0 Å². The number of hydrogen-bond acceptors (Lipinski definition) is 3. The number of hydrogen-bond donors (Lipinski definition) is 0. The highest BCUT2D eigenvalue weighted by Crippen LogP contribution is 2.42. The van der Waals surface area contributed by atoms with E-state index in [0.717, 1.165) is 45.8 Å². The Hall–Kier alpha value is -0.900. The lowest BCUT2D eigenvalue weighted by Gasteiger charge is -2.44. The topological polar surface area (TPSA) is 21.7 Å². The van der Waals surface area contributed by atoms with Gasteiger partial charge in [0, 0.05) is 25.1 Å². The van der Waals surface area contributed by atoms with Crippen molar-refractivity contribution in [1.29, 1.82) is 0 Å². The van der Waals surface area contributed by atoms with Gasteiger partial charge in [0.15, 0.2) is 0 Å². The first kappa shape index (κ1) is 16.9. The Labute approximate surface area is 141 Å². The van der Waals surface area contributed by atoms with Crippen LogP contribution in [0.4, 0.5) is 0 Å². The molecule has 2 saturated heterocycles. The van der Waals surface area contributed by atoms with Crippen LogP contribution in [0.2, 0.25) is 0 Å². The van der Waals surface area contributed by atoms with Gasteiger partial charge in [0.05, 0.1) is 19.3 Å². The largest absolute Gasteiger partial charge is 0.379 e. The third-order valence-corrected chi connectivity index (χ3v) is 5.64. The Balaban J connectivity index is 1.75. The first-order valence-electron chi connectivity index (χ1n) is 9.17. The van der Waals surface area contributed by atoms with Gasteiger partial charge in [0.2, 0.25) is 0 Å². The number of benzene rings is 1. The van der Waals surface area contributed by atoms with Crippen molar-refractivity contribution >= 4 is 0 Å². The summed E-state index contributed by atoms with van der Waals surface area (Å²) in [6, 6.07) is 11.1.